The van der Waals surface area contributed by atoms with Crippen LogP contribution in [0.5, 0.6) is 0 Å². The van der Waals surface area contributed by atoms with Gasteiger partial charge >= 0.3 is 0 Å². The number of fused-ring (bicyclic) bond motifs is 4. The van der Waals surface area contributed by atoms with E-state index >= 15 is 0 Å². The lowest BCUT2D eigenvalue weighted by molar-refractivity contribution is -0.112. The van der Waals surface area contributed by atoms with Crippen molar-refractivity contribution in [1.29, 1.82) is 0 Å². The fourth-order valence-electron chi connectivity index (χ4n) is 9.32. The average Bonchev–Trinajstić information content (AvgIpc) is 2.97. The van der Waals surface area contributed by atoms with Gasteiger partial charge in [-0.2, -0.15) is 0 Å². The van der Waals surface area contributed by atoms with Crippen LogP contribution in [0.1, 0.15) is 92.9 Å². The minimum Gasteiger partial charge on any atom is -0.381 e. The molecule has 0 aliphatic heterocycles. The predicted molar refractivity (Wildman–Crippen MR) is 124 cm³/mol. The van der Waals surface area contributed by atoms with Crippen molar-refractivity contribution in [2.75, 3.05) is 7.11 Å². The highest BCUT2D eigenvalue weighted by Crippen LogP contribution is 2.72. The van der Waals surface area contributed by atoms with Gasteiger partial charge in [-0.15, -0.1) is 0 Å². The van der Waals surface area contributed by atoms with Crippen LogP contribution in [-0.2, 0) is 9.53 Å². The quantitative estimate of drug-likeness (QED) is 0.278. The van der Waals surface area contributed by atoms with Crippen LogP contribution in [0.3, 0.4) is 0 Å². The van der Waals surface area contributed by atoms with Gasteiger partial charge in [0.15, 0.2) is 0 Å². The Kier molecular flexibility index (Phi) is 5.45. The minimum atomic E-state index is 0.244. The number of hydrogen-bond donors (Lipinski definition) is 0. The lowest BCUT2D eigenvalue weighted by atomic mass is 9.43. The van der Waals surface area contributed by atoms with Gasteiger partial charge in [-0.3, -0.25) is 4.79 Å². The zero-order chi connectivity index (χ0) is 21.9. The molecular formula is C28H44O2. The van der Waals surface area contributed by atoms with E-state index in [1.54, 1.807) is 6.08 Å². The minimum absolute atomic E-state index is 0.244. The van der Waals surface area contributed by atoms with Crippen molar-refractivity contribution in [2.24, 2.45) is 39.4 Å². The Morgan fingerprint density at radius 2 is 1.70 bits per heavy atom. The summed E-state index contributed by atoms with van der Waals surface area (Å²) in [6, 6.07) is 0. The normalized spacial score (nSPS) is 46.3. The highest BCUT2D eigenvalue weighted by molar-refractivity contribution is 5.64. The molecule has 0 amide bonds. The maximum atomic E-state index is 10.9. The van der Waals surface area contributed by atoms with Crippen molar-refractivity contribution >= 4 is 6.29 Å². The molecule has 168 valence electrons. The molecule has 4 aliphatic rings. The number of allylic oxidation sites excluding steroid dienone is 4. The second-order valence-electron chi connectivity index (χ2n) is 12.3. The third-order valence-electron chi connectivity index (χ3n) is 11.2. The number of carbonyl (C=O) groups excluding carboxylic acids is 1. The van der Waals surface area contributed by atoms with Crippen molar-refractivity contribution in [3.8, 4) is 0 Å². The Morgan fingerprint density at radius 1 is 0.967 bits per heavy atom. The van der Waals surface area contributed by atoms with Gasteiger partial charge in [0.05, 0.1) is 6.10 Å². The van der Waals surface area contributed by atoms with Crippen LogP contribution in [0.4, 0.5) is 0 Å². The molecule has 30 heavy (non-hydrogen) atoms. The summed E-state index contributed by atoms with van der Waals surface area (Å²) >= 11 is 0. The lowest BCUT2D eigenvalue weighted by Crippen LogP contribution is -2.55. The molecule has 2 fully saturated rings. The fourth-order valence-corrected chi connectivity index (χ4v) is 9.32. The van der Waals surface area contributed by atoms with Crippen molar-refractivity contribution in [3.63, 3.8) is 0 Å². The summed E-state index contributed by atoms with van der Waals surface area (Å²) in [7, 11) is 1.91. The van der Waals surface area contributed by atoms with Gasteiger partial charge in [0.2, 0.25) is 0 Å². The lowest BCUT2D eigenvalue weighted by Gasteiger charge is -2.62. The first-order valence-electron chi connectivity index (χ1n) is 12.4. The Hall–Kier alpha value is -0.890. The molecule has 0 bridgehead atoms. The number of hydrogen-bond acceptors (Lipinski definition) is 2. The SMILES string of the molecule is CO[C@H]1CC[C@]2(C)C3=C(CC[C@H]2C1(C)C)[C@]1(C)CC[C@H]([C@H](C)/C=C/C=O)[C@@]1(C)CC3. The molecule has 0 N–H and O–H groups in total. The van der Waals surface area contributed by atoms with Crippen molar-refractivity contribution in [1.82, 2.24) is 0 Å². The predicted octanol–water partition coefficient (Wildman–Crippen LogP) is 7.14. The van der Waals surface area contributed by atoms with Crippen molar-refractivity contribution in [2.45, 2.75) is 99.0 Å². The van der Waals surface area contributed by atoms with Crippen molar-refractivity contribution in [3.05, 3.63) is 23.3 Å². The van der Waals surface area contributed by atoms with E-state index in [9.17, 15) is 4.79 Å². The maximum absolute atomic E-state index is 10.9. The van der Waals surface area contributed by atoms with E-state index in [-0.39, 0.29) is 5.41 Å². The third-order valence-corrected chi connectivity index (χ3v) is 11.2. The van der Waals surface area contributed by atoms with E-state index in [1.807, 2.05) is 18.3 Å². The van der Waals surface area contributed by atoms with Crippen molar-refractivity contribution < 1.29 is 9.53 Å². The van der Waals surface area contributed by atoms with Crippen LogP contribution in [0.25, 0.3) is 0 Å². The van der Waals surface area contributed by atoms with E-state index in [0.29, 0.717) is 34.2 Å². The molecule has 0 heterocycles. The van der Waals surface area contributed by atoms with Gasteiger partial charge in [0.25, 0.3) is 0 Å². The van der Waals surface area contributed by atoms with E-state index in [4.69, 9.17) is 4.74 Å². The first kappa shape index (κ1) is 22.3. The molecule has 4 aliphatic carbocycles. The number of carbonyl (C=O) groups is 1. The molecule has 0 radical (unpaired) electrons. The molecule has 4 rings (SSSR count). The zero-order valence-electron chi connectivity index (χ0n) is 20.5. The van der Waals surface area contributed by atoms with Gasteiger partial charge in [-0.25, -0.2) is 0 Å². The smallest absolute Gasteiger partial charge is 0.142 e. The summed E-state index contributed by atoms with van der Waals surface area (Å²) in [5.41, 5.74) is 4.95. The zero-order valence-corrected chi connectivity index (χ0v) is 20.5. The molecule has 0 saturated heterocycles. The molecule has 0 unspecified atom stereocenters. The summed E-state index contributed by atoms with van der Waals surface area (Å²) in [5.74, 6) is 1.88. The van der Waals surface area contributed by atoms with Gasteiger partial charge in [-0.05, 0) is 96.9 Å². The average molecular weight is 413 g/mol. The second kappa shape index (κ2) is 7.32. The number of methoxy groups -OCH3 is 1. The van der Waals surface area contributed by atoms with Gasteiger partial charge in [0.1, 0.15) is 6.29 Å². The molecule has 0 aromatic rings. The molecule has 2 saturated carbocycles. The van der Waals surface area contributed by atoms with Gasteiger partial charge < -0.3 is 4.74 Å². The van der Waals surface area contributed by atoms with E-state index < -0.39 is 0 Å². The first-order valence-corrected chi connectivity index (χ1v) is 12.4. The topological polar surface area (TPSA) is 26.3 Å². The second-order valence-corrected chi connectivity index (χ2v) is 12.3. The summed E-state index contributed by atoms with van der Waals surface area (Å²) in [6.45, 7) is 15.1. The fraction of sp³-hybridized carbons (Fsp3) is 0.821. The monoisotopic (exact) mass is 412 g/mol. The third kappa shape index (κ3) is 2.81. The Balaban J connectivity index is 1.73. The van der Waals surface area contributed by atoms with Crippen LogP contribution in [-0.4, -0.2) is 19.5 Å². The number of aldehydes is 1. The van der Waals surface area contributed by atoms with E-state index in [1.165, 1.54) is 51.4 Å². The van der Waals surface area contributed by atoms with Crippen LogP contribution in [0, 0.1) is 39.4 Å². The van der Waals surface area contributed by atoms with Gasteiger partial charge in [0, 0.05) is 7.11 Å². The Bertz CT molecular complexity index is 761. The molecule has 0 aromatic carbocycles. The molecule has 0 spiro atoms. The van der Waals surface area contributed by atoms with Gasteiger partial charge in [-0.1, -0.05) is 58.8 Å². The summed E-state index contributed by atoms with van der Waals surface area (Å²) in [5, 5.41) is 0. The number of rotatable bonds is 4. The van der Waals surface area contributed by atoms with Crippen LogP contribution in [0.2, 0.25) is 0 Å². The molecule has 0 aromatic heterocycles. The molecule has 7 atom stereocenters. The largest absolute Gasteiger partial charge is 0.381 e. The Morgan fingerprint density at radius 3 is 2.37 bits per heavy atom. The van der Waals surface area contributed by atoms with Crippen LogP contribution >= 0.6 is 0 Å². The van der Waals surface area contributed by atoms with E-state index in [0.717, 1.165) is 12.2 Å². The summed E-state index contributed by atoms with van der Waals surface area (Å²) in [6.07, 6.45) is 15.5. The molecule has 2 heteroatoms. The maximum Gasteiger partial charge on any atom is 0.142 e. The summed E-state index contributed by atoms with van der Waals surface area (Å²) in [4.78, 5) is 10.9. The van der Waals surface area contributed by atoms with E-state index in [2.05, 4.69) is 47.6 Å². The summed E-state index contributed by atoms with van der Waals surface area (Å²) < 4.78 is 5.97. The molecule has 2 nitrogen and oxygen atoms in total. The van der Waals surface area contributed by atoms with Crippen LogP contribution < -0.4 is 0 Å². The van der Waals surface area contributed by atoms with Crippen LogP contribution in [0.15, 0.2) is 23.3 Å². The first-order chi connectivity index (χ1) is 14.1. The highest BCUT2D eigenvalue weighted by Gasteiger charge is 2.63. The number of ether oxygens (including phenoxy) is 1. The standard InChI is InChI=1S/C28H44O2/c1-19(9-8-18-29)20-12-16-28(6)22-10-11-23-25(2,3)24(30-7)14-15-26(23,4)21(22)13-17-27(20,28)5/h8-9,18-20,23-24H,10-17H2,1-7H3/b9-8+/t19-,20-,23+,24+,26-,27-,28+/m1/s1. The highest BCUT2D eigenvalue weighted by atomic mass is 16.5. The Labute approximate surface area is 184 Å². The molecular weight excluding hydrogens is 368 g/mol.